The van der Waals surface area contributed by atoms with E-state index in [2.05, 4.69) is 34.7 Å². The van der Waals surface area contributed by atoms with Crippen LogP contribution >= 0.6 is 35.4 Å². The van der Waals surface area contributed by atoms with Crippen LogP contribution in [0.25, 0.3) is 0 Å². The van der Waals surface area contributed by atoms with Gasteiger partial charge in [0, 0.05) is 29.0 Å². The van der Waals surface area contributed by atoms with Crippen molar-refractivity contribution >= 4 is 51.9 Å². The summed E-state index contributed by atoms with van der Waals surface area (Å²) in [7, 11) is 0. The largest absolute Gasteiger partial charge is 0.331 e. The molecule has 0 saturated heterocycles. The first-order valence-electron chi connectivity index (χ1n) is 8.03. The van der Waals surface area contributed by atoms with Gasteiger partial charge in [0.15, 0.2) is 5.11 Å². The molecule has 0 saturated carbocycles. The van der Waals surface area contributed by atoms with Crippen molar-refractivity contribution < 1.29 is 0 Å². The molecule has 3 aromatic rings. The molecule has 0 fully saturated rings. The summed E-state index contributed by atoms with van der Waals surface area (Å²) in [5.74, 6) is 0. The third kappa shape index (κ3) is 4.35. The Bertz CT molecular complexity index is 933. The number of anilines is 2. The lowest BCUT2D eigenvalue weighted by molar-refractivity contribution is 0.633. The predicted octanol–water partition coefficient (Wildman–Crippen LogP) is 4.57. The fourth-order valence-electron chi connectivity index (χ4n) is 2.53. The topological polar surface area (TPSA) is 59.7 Å². The minimum absolute atomic E-state index is 0.406. The summed E-state index contributed by atoms with van der Waals surface area (Å²) < 4.78 is 3.80. The van der Waals surface area contributed by atoms with Crippen LogP contribution in [0, 0.1) is 6.92 Å². The van der Waals surface area contributed by atoms with Gasteiger partial charge in [0.1, 0.15) is 0 Å². The molecule has 0 unspecified atom stereocenters. The summed E-state index contributed by atoms with van der Waals surface area (Å²) in [6, 6.07) is 5.15. The van der Waals surface area contributed by atoms with Gasteiger partial charge in [0.2, 0.25) is 0 Å². The first-order chi connectivity index (χ1) is 12.5. The van der Waals surface area contributed by atoms with Crippen LogP contribution in [0.1, 0.15) is 18.2 Å². The fraction of sp³-hybridized carbons (Fsp3) is 0.235. The lowest BCUT2D eigenvalue weighted by atomic mass is 10.2. The van der Waals surface area contributed by atoms with Crippen molar-refractivity contribution in [2.24, 2.45) is 0 Å². The second kappa shape index (κ2) is 8.07. The maximum Gasteiger partial charge on any atom is 0.175 e. The van der Waals surface area contributed by atoms with E-state index in [0.29, 0.717) is 27.4 Å². The average molecular weight is 409 g/mol. The van der Waals surface area contributed by atoms with Crippen LogP contribution in [0.3, 0.4) is 0 Å². The fourth-order valence-corrected chi connectivity index (χ4v) is 3.09. The number of aryl methyl sites for hydroxylation is 1. The number of nitrogens with one attached hydrogen (secondary N) is 2. The first kappa shape index (κ1) is 18.7. The zero-order valence-corrected chi connectivity index (χ0v) is 16.7. The molecule has 2 heterocycles. The Morgan fingerprint density at radius 1 is 1.19 bits per heavy atom. The van der Waals surface area contributed by atoms with Gasteiger partial charge in [-0.3, -0.25) is 9.36 Å². The van der Waals surface area contributed by atoms with E-state index in [1.165, 1.54) is 0 Å². The number of halogens is 2. The Kier molecular flexibility index (Phi) is 5.80. The van der Waals surface area contributed by atoms with Crippen molar-refractivity contribution in [2.45, 2.75) is 26.9 Å². The van der Waals surface area contributed by atoms with E-state index in [1.54, 1.807) is 24.4 Å². The molecule has 0 spiro atoms. The Hall–Kier alpha value is -2.09. The van der Waals surface area contributed by atoms with Gasteiger partial charge in [-0.2, -0.15) is 10.2 Å². The van der Waals surface area contributed by atoms with Crippen LogP contribution in [0.15, 0.2) is 36.8 Å². The molecule has 9 heteroatoms. The van der Waals surface area contributed by atoms with Gasteiger partial charge in [-0.1, -0.05) is 23.2 Å². The molecule has 2 aromatic heterocycles. The van der Waals surface area contributed by atoms with Crippen molar-refractivity contribution in [3.05, 3.63) is 58.1 Å². The van der Waals surface area contributed by atoms with Crippen LogP contribution in [0.2, 0.25) is 10.0 Å². The van der Waals surface area contributed by atoms with E-state index in [-0.39, 0.29) is 0 Å². The van der Waals surface area contributed by atoms with Gasteiger partial charge in [-0.15, -0.1) is 0 Å². The van der Waals surface area contributed by atoms with Gasteiger partial charge < -0.3 is 10.6 Å². The highest BCUT2D eigenvalue weighted by Gasteiger charge is 2.08. The molecular weight excluding hydrogens is 391 g/mol. The van der Waals surface area contributed by atoms with Crippen molar-refractivity contribution in [1.29, 1.82) is 0 Å². The van der Waals surface area contributed by atoms with Crippen molar-refractivity contribution in [3.63, 3.8) is 0 Å². The minimum Gasteiger partial charge on any atom is -0.331 e. The molecule has 0 bridgehead atoms. The Balaban J connectivity index is 1.63. The number of thiocarbonyl (C=S) groups is 1. The third-order valence-corrected chi connectivity index (χ3v) is 4.67. The molecule has 6 nitrogen and oxygen atoms in total. The lowest BCUT2D eigenvalue weighted by Crippen LogP contribution is -2.19. The van der Waals surface area contributed by atoms with Crippen LogP contribution in [0.4, 0.5) is 11.4 Å². The number of rotatable bonds is 5. The molecule has 0 atom stereocenters. The van der Waals surface area contributed by atoms with Crippen LogP contribution < -0.4 is 10.6 Å². The molecule has 3 rings (SSSR count). The summed E-state index contributed by atoms with van der Waals surface area (Å²) in [4.78, 5) is 0. The van der Waals surface area contributed by atoms with Crippen LogP contribution in [-0.4, -0.2) is 24.7 Å². The molecule has 0 aliphatic rings. The Morgan fingerprint density at radius 2 is 2.00 bits per heavy atom. The van der Waals surface area contributed by atoms with E-state index in [1.807, 2.05) is 21.8 Å². The molecule has 0 radical (unpaired) electrons. The van der Waals surface area contributed by atoms with Gasteiger partial charge >= 0.3 is 0 Å². The second-order valence-electron chi connectivity index (χ2n) is 5.70. The summed E-state index contributed by atoms with van der Waals surface area (Å²) >= 11 is 17.4. The van der Waals surface area contributed by atoms with E-state index in [0.717, 1.165) is 23.5 Å². The average Bonchev–Trinajstić information content (AvgIpc) is 3.18. The highest BCUT2D eigenvalue weighted by atomic mass is 35.5. The summed E-state index contributed by atoms with van der Waals surface area (Å²) in [6.45, 7) is 5.62. The third-order valence-electron chi connectivity index (χ3n) is 3.90. The van der Waals surface area contributed by atoms with E-state index in [4.69, 9.17) is 35.4 Å². The summed E-state index contributed by atoms with van der Waals surface area (Å²) in [6.07, 6.45) is 5.48. The minimum atomic E-state index is 0.406. The highest BCUT2D eigenvalue weighted by Crippen LogP contribution is 2.25. The number of hydrogen-bond acceptors (Lipinski definition) is 3. The molecule has 0 aliphatic carbocycles. The quantitative estimate of drug-likeness (QED) is 0.605. The summed E-state index contributed by atoms with van der Waals surface area (Å²) in [5.41, 5.74) is 3.70. The smallest absolute Gasteiger partial charge is 0.175 e. The zero-order valence-electron chi connectivity index (χ0n) is 14.3. The van der Waals surface area contributed by atoms with Crippen molar-refractivity contribution in [2.75, 3.05) is 10.6 Å². The highest BCUT2D eigenvalue weighted by molar-refractivity contribution is 7.80. The van der Waals surface area contributed by atoms with Gasteiger partial charge in [-0.05, 0) is 44.3 Å². The summed E-state index contributed by atoms with van der Waals surface area (Å²) in [5, 5.41) is 16.4. The maximum atomic E-state index is 6.13. The number of nitrogens with zero attached hydrogens (tertiary/aromatic N) is 4. The molecular formula is C17H18Cl2N6S. The number of aromatic nitrogens is 4. The normalized spacial score (nSPS) is 10.8. The molecule has 2 N–H and O–H groups in total. The van der Waals surface area contributed by atoms with Crippen molar-refractivity contribution in [3.8, 4) is 0 Å². The molecule has 0 amide bonds. The maximum absolute atomic E-state index is 6.13. The van der Waals surface area contributed by atoms with Gasteiger partial charge in [0.25, 0.3) is 0 Å². The Labute approximate surface area is 167 Å². The van der Waals surface area contributed by atoms with E-state index >= 15 is 0 Å². The molecule has 26 heavy (non-hydrogen) atoms. The van der Waals surface area contributed by atoms with E-state index < -0.39 is 0 Å². The Morgan fingerprint density at radius 3 is 2.73 bits per heavy atom. The predicted molar refractivity (Wildman–Crippen MR) is 110 cm³/mol. The standard InChI is InChI=1S/C17H18Cl2N6S/c1-3-25-11(2)12(7-21-25)9-24-10-14(8-20-24)22-17(26)23-16-6-13(18)4-5-15(16)19/h4-8,10H,3,9H2,1-2H3,(H2,22,23,26). The second-order valence-corrected chi connectivity index (χ2v) is 6.95. The van der Waals surface area contributed by atoms with Crippen molar-refractivity contribution in [1.82, 2.24) is 19.6 Å². The lowest BCUT2D eigenvalue weighted by Gasteiger charge is -2.10. The van der Waals surface area contributed by atoms with Crippen LogP contribution in [0.5, 0.6) is 0 Å². The monoisotopic (exact) mass is 408 g/mol. The zero-order chi connectivity index (χ0) is 18.7. The molecule has 0 aliphatic heterocycles. The van der Waals surface area contributed by atoms with Crippen LogP contribution in [-0.2, 0) is 13.1 Å². The molecule has 1 aromatic carbocycles. The number of benzene rings is 1. The molecule has 136 valence electrons. The van der Waals surface area contributed by atoms with Gasteiger partial charge in [0.05, 0.1) is 35.3 Å². The van der Waals surface area contributed by atoms with E-state index in [9.17, 15) is 0 Å². The SMILES string of the molecule is CCn1ncc(Cn2cc(NC(=S)Nc3cc(Cl)ccc3Cl)cn2)c1C. The number of hydrogen-bond donors (Lipinski definition) is 2. The van der Waals surface area contributed by atoms with Gasteiger partial charge in [-0.25, -0.2) is 0 Å². The first-order valence-corrected chi connectivity index (χ1v) is 9.19.